The van der Waals surface area contributed by atoms with Crippen LogP contribution in [0.15, 0.2) is 48.8 Å². The molecule has 2 aromatic heterocycles. The molecule has 3 aliphatic rings. The first-order valence-electron chi connectivity index (χ1n) is 10.6. The van der Waals surface area contributed by atoms with Crippen molar-refractivity contribution < 1.29 is 19.3 Å². The predicted molar refractivity (Wildman–Crippen MR) is 110 cm³/mol. The van der Waals surface area contributed by atoms with Crippen LogP contribution in [-0.2, 0) is 6.54 Å². The van der Waals surface area contributed by atoms with Crippen LogP contribution in [0.4, 0.5) is 0 Å². The van der Waals surface area contributed by atoms with Crippen molar-refractivity contribution in [3.05, 3.63) is 54.5 Å². The smallest absolute Gasteiger partial charge is 0.231 e. The zero-order valence-electron chi connectivity index (χ0n) is 16.7. The summed E-state index contributed by atoms with van der Waals surface area (Å²) in [5.74, 6) is 3.21. The first-order chi connectivity index (χ1) is 14.7. The summed E-state index contributed by atoms with van der Waals surface area (Å²) >= 11 is 0. The molecule has 0 amide bonds. The molecular weight excluding hydrogens is 382 g/mol. The first kappa shape index (κ1) is 18.0. The lowest BCUT2D eigenvalue weighted by molar-refractivity contribution is -0.0232. The molecule has 1 saturated carbocycles. The van der Waals surface area contributed by atoms with Crippen LogP contribution < -0.4 is 14.2 Å². The molecule has 1 aromatic carbocycles. The van der Waals surface area contributed by atoms with Crippen LogP contribution >= 0.6 is 0 Å². The van der Waals surface area contributed by atoms with E-state index in [4.69, 9.17) is 19.2 Å². The number of likely N-dealkylation sites (tertiary alicyclic amines) is 1. The number of nitrogens with zero attached hydrogens (tertiary/aromatic N) is 3. The normalized spacial score (nSPS) is 28.0. The maximum absolute atomic E-state index is 10.7. The van der Waals surface area contributed by atoms with Gasteiger partial charge in [0.1, 0.15) is 17.5 Å². The summed E-state index contributed by atoms with van der Waals surface area (Å²) in [6, 6.07) is 11.7. The Balaban J connectivity index is 1.11. The van der Waals surface area contributed by atoms with Gasteiger partial charge in [0.2, 0.25) is 6.79 Å². The number of fused-ring (bicyclic) bond motifs is 3. The lowest BCUT2D eigenvalue weighted by atomic mass is 9.78. The standard InChI is InChI=1S/C23H25N3O4/c27-19-7-15-10-25(12-17-13-26-6-2-1-3-23(26)24-17)11-16(15)8-21(19)30-18-4-5-20-22(9-18)29-14-28-20/h1-6,9,13,15-16,19,21,27H,7-8,10-12,14H2/t15-,16+,19+,21+/m0/s1. The Hall–Kier alpha value is -2.77. The molecule has 0 bridgehead atoms. The molecule has 6 rings (SSSR count). The average molecular weight is 407 g/mol. The fraction of sp³-hybridized carbons (Fsp3) is 0.435. The minimum Gasteiger partial charge on any atom is -0.488 e. The van der Waals surface area contributed by atoms with Crippen molar-refractivity contribution in [3.63, 3.8) is 0 Å². The molecular formula is C23H25N3O4. The van der Waals surface area contributed by atoms with E-state index in [0.717, 1.165) is 55.3 Å². The number of aromatic nitrogens is 2. The van der Waals surface area contributed by atoms with E-state index < -0.39 is 6.10 Å². The van der Waals surface area contributed by atoms with Crippen molar-refractivity contribution in [1.82, 2.24) is 14.3 Å². The highest BCUT2D eigenvalue weighted by Gasteiger charge is 2.42. The van der Waals surface area contributed by atoms with Crippen molar-refractivity contribution in [1.29, 1.82) is 0 Å². The van der Waals surface area contributed by atoms with Crippen LogP contribution in [0.2, 0.25) is 0 Å². The number of aliphatic hydroxyl groups is 1. The summed E-state index contributed by atoms with van der Waals surface area (Å²) in [6.45, 7) is 3.12. The van der Waals surface area contributed by atoms with E-state index in [2.05, 4.69) is 15.5 Å². The molecule has 2 aliphatic heterocycles. The van der Waals surface area contributed by atoms with Gasteiger partial charge in [-0.2, -0.15) is 0 Å². The molecule has 0 unspecified atom stereocenters. The van der Waals surface area contributed by atoms with Crippen LogP contribution in [0, 0.1) is 11.8 Å². The number of pyridine rings is 1. The molecule has 7 heteroatoms. The number of ether oxygens (including phenoxy) is 3. The van der Waals surface area contributed by atoms with E-state index in [1.54, 1.807) is 0 Å². The van der Waals surface area contributed by atoms with Crippen LogP contribution in [-0.4, -0.2) is 51.5 Å². The molecule has 1 saturated heterocycles. The number of rotatable bonds is 4. The summed E-state index contributed by atoms with van der Waals surface area (Å²) in [4.78, 5) is 7.20. The Morgan fingerprint density at radius 2 is 1.93 bits per heavy atom. The maximum Gasteiger partial charge on any atom is 0.231 e. The molecule has 4 heterocycles. The van der Waals surface area contributed by atoms with E-state index in [1.807, 2.05) is 42.6 Å². The minimum absolute atomic E-state index is 0.193. The molecule has 156 valence electrons. The summed E-state index contributed by atoms with van der Waals surface area (Å²) in [6.07, 6.45) is 5.14. The van der Waals surface area contributed by atoms with Gasteiger partial charge in [0, 0.05) is 38.1 Å². The lowest BCUT2D eigenvalue weighted by Crippen LogP contribution is -2.42. The van der Waals surface area contributed by atoms with E-state index in [-0.39, 0.29) is 12.9 Å². The fourth-order valence-electron chi connectivity index (χ4n) is 5.16. The van der Waals surface area contributed by atoms with Crippen molar-refractivity contribution in [3.8, 4) is 17.2 Å². The Bertz CT molecular complexity index is 1030. The van der Waals surface area contributed by atoms with Gasteiger partial charge in [-0.25, -0.2) is 4.98 Å². The molecule has 3 aromatic rings. The van der Waals surface area contributed by atoms with Crippen LogP contribution in [0.5, 0.6) is 17.2 Å². The first-order valence-corrected chi connectivity index (χ1v) is 10.6. The van der Waals surface area contributed by atoms with Crippen LogP contribution in [0.1, 0.15) is 18.5 Å². The van der Waals surface area contributed by atoms with Gasteiger partial charge in [-0.1, -0.05) is 6.07 Å². The third-order valence-electron chi connectivity index (χ3n) is 6.59. The van der Waals surface area contributed by atoms with Gasteiger partial charge in [-0.15, -0.1) is 0 Å². The molecule has 30 heavy (non-hydrogen) atoms. The Morgan fingerprint density at radius 1 is 1.07 bits per heavy atom. The summed E-state index contributed by atoms with van der Waals surface area (Å²) in [7, 11) is 0. The van der Waals surface area contributed by atoms with Crippen LogP contribution in [0.25, 0.3) is 5.65 Å². The number of aliphatic hydroxyl groups excluding tert-OH is 1. The second-order valence-electron chi connectivity index (χ2n) is 8.62. The Kier molecular flexibility index (Phi) is 4.32. The van der Waals surface area contributed by atoms with Gasteiger partial charge in [0.25, 0.3) is 0 Å². The van der Waals surface area contributed by atoms with Gasteiger partial charge >= 0.3 is 0 Å². The van der Waals surface area contributed by atoms with E-state index >= 15 is 0 Å². The molecule has 1 aliphatic carbocycles. The predicted octanol–water partition coefficient (Wildman–Crippen LogP) is 2.71. The van der Waals surface area contributed by atoms with Crippen molar-refractivity contribution in [2.75, 3.05) is 19.9 Å². The van der Waals surface area contributed by atoms with E-state index in [9.17, 15) is 5.11 Å². The van der Waals surface area contributed by atoms with Crippen molar-refractivity contribution >= 4 is 5.65 Å². The third kappa shape index (κ3) is 3.28. The summed E-state index contributed by atoms with van der Waals surface area (Å²) in [5.41, 5.74) is 2.07. The molecule has 4 atom stereocenters. The molecule has 7 nitrogen and oxygen atoms in total. The van der Waals surface area contributed by atoms with E-state index in [0.29, 0.717) is 17.6 Å². The van der Waals surface area contributed by atoms with Crippen molar-refractivity contribution in [2.45, 2.75) is 31.6 Å². The van der Waals surface area contributed by atoms with Gasteiger partial charge < -0.3 is 23.7 Å². The SMILES string of the molecule is O[C@@H]1C[C@H]2CN(Cc3cn4ccccc4n3)C[C@H]2C[C@H]1Oc1ccc2c(c1)OCO2. The zero-order chi connectivity index (χ0) is 20.1. The lowest BCUT2D eigenvalue weighted by Gasteiger charge is -2.35. The Labute approximate surface area is 174 Å². The summed E-state index contributed by atoms with van der Waals surface area (Å²) < 4.78 is 19.0. The zero-order valence-corrected chi connectivity index (χ0v) is 16.7. The van der Waals surface area contributed by atoms with Gasteiger partial charge in [0.05, 0.1) is 11.8 Å². The molecule has 0 radical (unpaired) electrons. The molecule has 1 N–H and O–H groups in total. The largest absolute Gasteiger partial charge is 0.488 e. The average Bonchev–Trinajstić information content (AvgIpc) is 3.45. The monoisotopic (exact) mass is 407 g/mol. The molecule has 0 spiro atoms. The topological polar surface area (TPSA) is 68.5 Å². The maximum atomic E-state index is 10.7. The van der Waals surface area contributed by atoms with Gasteiger partial charge in [0.15, 0.2) is 11.5 Å². The second-order valence-corrected chi connectivity index (χ2v) is 8.62. The minimum atomic E-state index is -0.452. The number of imidazole rings is 1. The quantitative estimate of drug-likeness (QED) is 0.717. The van der Waals surface area contributed by atoms with Gasteiger partial charge in [-0.05, 0) is 48.9 Å². The number of benzene rings is 1. The fourth-order valence-corrected chi connectivity index (χ4v) is 5.16. The molecule has 2 fully saturated rings. The number of hydrogen-bond donors (Lipinski definition) is 1. The van der Waals surface area contributed by atoms with E-state index in [1.165, 1.54) is 0 Å². The van der Waals surface area contributed by atoms with Crippen LogP contribution in [0.3, 0.4) is 0 Å². The summed E-state index contributed by atoms with van der Waals surface area (Å²) in [5, 5.41) is 10.7. The third-order valence-corrected chi connectivity index (χ3v) is 6.59. The highest BCUT2D eigenvalue weighted by atomic mass is 16.7. The van der Waals surface area contributed by atoms with Crippen molar-refractivity contribution in [2.24, 2.45) is 11.8 Å². The Morgan fingerprint density at radius 3 is 2.83 bits per heavy atom. The highest BCUT2D eigenvalue weighted by Crippen LogP contribution is 2.40. The van der Waals surface area contributed by atoms with Gasteiger partial charge in [-0.3, -0.25) is 4.90 Å². The number of hydrogen-bond acceptors (Lipinski definition) is 6. The highest BCUT2D eigenvalue weighted by molar-refractivity contribution is 5.47. The second kappa shape index (κ2) is 7.18.